The fourth-order valence-electron chi connectivity index (χ4n) is 8.38. The van der Waals surface area contributed by atoms with Crippen LogP contribution in [0.1, 0.15) is 63.8 Å². The fourth-order valence-corrected chi connectivity index (χ4v) is 8.38. The van der Waals surface area contributed by atoms with Crippen molar-refractivity contribution < 1.29 is 30.6 Å². The Balaban J connectivity index is 0.00000514. The number of phenols is 1. The molecule has 0 aliphatic carbocycles. The molecule has 2 heterocycles. The monoisotopic (exact) mass is 976 g/mol. The van der Waals surface area contributed by atoms with Crippen molar-refractivity contribution in [2.24, 2.45) is 0 Å². The molecule has 1 N–H and O–H groups in total. The molecule has 9 rings (SSSR count). The van der Waals surface area contributed by atoms with Crippen molar-refractivity contribution in [3.63, 3.8) is 0 Å². The normalized spacial score (nSPS) is 11.9. The number of pyridine rings is 1. The van der Waals surface area contributed by atoms with Crippen LogP contribution in [0, 0.1) is 19.9 Å². The van der Waals surface area contributed by atoms with Crippen molar-refractivity contribution in [1.82, 2.24) is 9.97 Å². The van der Waals surface area contributed by atoms with Gasteiger partial charge in [-0.3, -0.25) is 4.98 Å². The summed E-state index contributed by atoms with van der Waals surface area (Å²) in [6, 6.07) is 52.6. The molecule has 0 unspecified atom stereocenters. The topological polar surface area (TPSA) is 59.2 Å². The number of fused-ring (bicyclic) bond motifs is 2. The van der Waals surface area contributed by atoms with Gasteiger partial charge < -0.3 is 9.52 Å². The molecule has 2 aromatic heterocycles. The predicted octanol–water partition coefficient (Wildman–Crippen LogP) is 15.1. The number of oxazole rings is 1. The van der Waals surface area contributed by atoms with Crippen LogP contribution in [0.3, 0.4) is 0 Å². The number of aromatic hydroxyl groups is 1. The van der Waals surface area contributed by atoms with Crippen LogP contribution in [0.5, 0.6) is 5.75 Å². The summed E-state index contributed by atoms with van der Waals surface area (Å²) in [5.41, 5.74) is 17.9. The van der Waals surface area contributed by atoms with E-state index in [1.807, 2.05) is 18.3 Å². The average molecular weight is 977 g/mol. The Hall–Kier alpha value is -6.09. The van der Waals surface area contributed by atoms with Gasteiger partial charge in [0.2, 0.25) is 5.89 Å². The molecule has 5 heteroatoms. The minimum absolute atomic E-state index is 0. The Labute approximate surface area is 373 Å². The summed E-state index contributed by atoms with van der Waals surface area (Å²) < 4.78 is 6.62. The molecule has 306 valence electrons. The van der Waals surface area contributed by atoms with Crippen LogP contribution in [0.25, 0.3) is 89.1 Å². The second kappa shape index (κ2) is 16.1. The van der Waals surface area contributed by atoms with Crippen molar-refractivity contribution in [3.8, 4) is 72.8 Å². The summed E-state index contributed by atoms with van der Waals surface area (Å²) >= 11 is 0. The van der Waals surface area contributed by atoms with E-state index in [2.05, 4.69) is 183 Å². The van der Waals surface area contributed by atoms with E-state index in [-0.39, 0.29) is 37.6 Å². The second-order valence-corrected chi connectivity index (χ2v) is 18.1. The molecule has 0 amide bonds. The van der Waals surface area contributed by atoms with E-state index >= 15 is 0 Å². The van der Waals surface area contributed by atoms with Gasteiger partial charge in [0.15, 0.2) is 0 Å². The van der Waals surface area contributed by atoms with Crippen molar-refractivity contribution in [2.75, 3.05) is 0 Å². The van der Waals surface area contributed by atoms with E-state index in [1.54, 1.807) is 6.07 Å². The SMILES string of the molecule is Cc1cccc(C)c1-c1cc(-c2[c-]c(-c3cc(-c4ccc(C(C)(C)C)cc4)cc4oc(-c5cc(C(C)(C)C)ccc5O)nc34)ccc2)c2nccc(-c3ccccc3)c2c1.[Pt]. The minimum Gasteiger partial charge on any atom is -0.507 e. The molecule has 0 atom stereocenters. The maximum atomic E-state index is 11.2. The van der Waals surface area contributed by atoms with Crippen LogP contribution in [0.2, 0.25) is 0 Å². The van der Waals surface area contributed by atoms with Crippen LogP contribution in [-0.4, -0.2) is 15.1 Å². The van der Waals surface area contributed by atoms with Crippen molar-refractivity contribution in [1.29, 1.82) is 0 Å². The quantitative estimate of drug-likeness (QED) is 0.169. The molecule has 61 heavy (non-hydrogen) atoms. The van der Waals surface area contributed by atoms with Crippen LogP contribution in [0.15, 0.2) is 150 Å². The largest absolute Gasteiger partial charge is 0.507 e. The molecule has 0 spiro atoms. The van der Waals surface area contributed by atoms with Gasteiger partial charge in [-0.2, -0.15) is 0 Å². The third-order valence-electron chi connectivity index (χ3n) is 11.7. The molecular formula is C56H49N2O2Pt-. The van der Waals surface area contributed by atoms with Gasteiger partial charge in [-0.1, -0.05) is 144 Å². The van der Waals surface area contributed by atoms with Gasteiger partial charge in [-0.05, 0) is 111 Å². The first kappa shape index (κ1) is 41.6. The van der Waals surface area contributed by atoms with E-state index < -0.39 is 0 Å². The number of hydrogen-bond donors (Lipinski definition) is 1. The summed E-state index contributed by atoms with van der Waals surface area (Å²) in [6.07, 6.45) is 1.91. The summed E-state index contributed by atoms with van der Waals surface area (Å²) in [4.78, 5) is 10.2. The molecule has 0 saturated carbocycles. The number of aromatic nitrogens is 2. The molecule has 0 bridgehead atoms. The van der Waals surface area contributed by atoms with E-state index in [0.29, 0.717) is 22.6 Å². The van der Waals surface area contributed by atoms with Crippen molar-refractivity contribution in [2.45, 2.75) is 66.2 Å². The maximum Gasteiger partial charge on any atom is 0.230 e. The number of phenolic OH excluding ortho intramolecular Hbond substituents is 1. The van der Waals surface area contributed by atoms with Crippen molar-refractivity contribution in [3.05, 3.63) is 174 Å². The van der Waals surface area contributed by atoms with Gasteiger partial charge in [-0.15, -0.1) is 35.4 Å². The average Bonchev–Trinajstić information content (AvgIpc) is 3.67. The van der Waals surface area contributed by atoms with E-state index in [4.69, 9.17) is 14.4 Å². The first-order valence-corrected chi connectivity index (χ1v) is 20.7. The fraction of sp³-hybridized carbons (Fsp3) is 0.179. The van der Waals surface area contributed by atoms with Gasteiger partial charge >= 0.3 is 0 Å². The molecule has 4 nitrogen and oxygen atoms in total. The molecule has 0 saturated heterocycles. The number of rotatable bonds is 6. The Morgan fingerprint density at radius 3 is 1.82 bits per heavy atom. The van der Waals surface area contributed by atoms with Crippen LogP contribution in [0.4, 0.5) is 0 Å². The number of hydrogen-bond acceptors (Lipinski definition) is 4. The molecular weight excluding hydrogens is 928 g/mol. The standard InChI is InChI=1S/C56H49N2O2.Pt/c1-34-14-12-15-35(2)51(34)41-30-45(52-47(31-41)44(26-27-57-52)37-16-10-9-11-17-37)38-18-13-19-39(28-38)46-29-40(36-20-22-42(23-21-36)55(3,4)5)32-50-53(46)58-54(60-50)48-33-43(56(6,7)8)24-25-49(48)59;/h9-27,29-33,59H,1-8H3;/q-1;. The van der Waals surface area contributed by atoms with Gasteiger partial charge in [0.25, 0.3) is 0 Å². The van der Waals surface area contributed by atoms with E-state index in [9.17, 15) is 5.11 Å². The summed E-state index contributed by atoms with van der Waals surface area (Å²) in [5, 5.41) is 12.2. The minimum atomic E-state index is -0.127. The first-order chi connectivity index (χ1) is 28.7. The third kappa shape index (κ3) is 7.98. The zero-order valence-electron chi connectivity index (χ0n) is 35.9. The Bertz CT molecular complexity index is 3060. The maximum absolute atomic E-state index is 11.2. The van der Waals surface area contributed by atoms with Gasteiger partial charge in [0.1, 0.15) is 11.3 Å². The Morgan fingerprint density at radius 2 is 1.15 bits per heavy atom. The van der Waals surface area contributed by atoms with Gasteiger partial charge in [0.05, 0.1) is 11.1 Å². The van der Waals surface area contributed by atoms with E-state index in [0.717, 1.165) is 66.5 Å². The Kier molecular flexibility index (Phi) is 11.0. The van der Waals surface area contributed by atoms with Gasteiger partial charge in [0, 0.05) is 38.2 Å². The van der Waals surface area contributed by atoms with Crippen LogP contribution < -0.4 is 0 Å². The number of aryl methyl sites for hydroxylation is 2. The van der Waals surface area contributed by atoms with Crippen molar-refractivity contribution >= 4 is 22.0 Å². The first-order valence-electron chi connectivity index (χ1n) is 20.7. The smallest absolute Gasteiger partial charge is 0.230 e. The summed E-state index contributed by atoms with van der Waals surface area (Å²) in [7, 11) is 0. The number of nitrogens with zero attached hydrogens (tertiary/aromatic N) is 2. The van der Waals surface area contributed by atoms with Crippen LogP contribution >= 0.6 is 0 Å². The third-order valence-corrected chi connectivity index (χ3v) is 11.7. The molecule has 0 radical (unpaired) electrons. The van der Waals surface area contributed by atoms with E-state index in [1.165, 1.54) is 22.3 Å². The zero-order chi connectivity index (χ0) is 41.9. The second-order valence-electron chi connectivity index (χ2n) is 18.1. The zero-order valence-corrected chi connectivity index (χ0v) is 38.2. The number of benzene rings is 7. The molecule has 9 aromatic rings. The Morgan fingerprint density at radius 1 is 0.525 bits per heavy atom. The molecule has 7 aromatic carbocycles. The summed E-state index contributed by atoms with van der Waals surface area (Å²) in [6.45, 7) is 17.5. The van der Waals surface area contributed by atoms with Gasteiger partial charge in [-0.25, -0.2) is 4.98 Å². The molecule has 0 fully saturated rings. The molecule has 0 aliphatic rings. The van der Waals surface area contributed by atoms with Crippen LogP contribution in [-0.2, 0) is 31.9 Å². The predicted molar refractivity (Wildman–Crippen MR) is 249 cm³/mol. The molecule has 0 aliphatic heterocycles. The summed E-state index contributed by atoms with van der Waals surface area (Å²) in [5.74, 6) is 0.497.